The number of aromatic nitrogens is 2. The largest absolute Gasteiger partial charge is 0.497 e. The Morgan fingerprint density at radius 1 is 1.22 bits per heavy atom. The van der Waals surface area contributed by atoms with E-state index in [0.717, 1.165) is 22.3 Å². The van der Waals surface area contributed by atoms with Crippen molar-refractivity contribution < 1.29 is 9.53 Å². The van der Waals surface area contributed by atoms with E-state index in [1.807, 2.05) is 44.2 Å². The van der Waals surface area contributed by atoms with Gasteiger partial charge in [-0.1, -0.05) is 12.1 Å². The zero-order chi connectivity index (χ0) is 16.4. The predicted molar refractivity (Wildman–Crippen MR) is 89.6 cm³/mol. The summed E-state index contributed by atoms with van der Waals surface area (Å²) in [5.41, 5.74) is 2.74. The Morgan fingerprint density at radius 2 is 2.04 bits per heavy atom. The van der Waals surface area contributed by atoms with Gasteiger partial charge in [0.2, 0.25) is 0 Å². The van der Waals surface area contributed by atoms with Gasteiger partial charge < -0.3 is 15.0 Å². The van der Waals surface area contributed by atoms with Gasteiger partial charge in [-0.25, -0.2) is 4.98 Å². The van der Waals surface area contributed by atoms with E-state index in [-0.39, 0.29) is 5.91 Å². The molecule has 0 radical (unpaired) electrons. The van der Waals surface area contributed by atoms with E-state index >= 15 is 0 Å². The van der Waals surface area contributed by atoms with Crippen LogP contribution in [-0.2, 0) is 5.54 Å². The number of ether oxygens (including phenoxy) is 1. The minimum absolute atomic E-state index is 0.130. The topological polar surface area (TPSA) is 67.0 Å². The van der Waals surface area contributed by atoms with Crippen molar-refractivity contribution in [2.45, 2.75) is 19.4 Å². The highest BCUT2D eigenvalue weighted by molar-refractivity contribution is 5.97. The van der Waals surface area contributed by atoms with Crippen molar-refractivity contribution >= 4 is 16.9 Å². The molecule has 2 aromatic carbocycles. The maximum atomic E-state index is 12.6. The number of nitrogens with one attached hydrogen (secondary N) is 2. The quantitative estimate of drug-likeness (QED) is 0.777. The Hall–Kier alpha value is -2.82. The molecule has 0 atom stereocenters. The van der Waals surface area contributed by atoms with Gasteiger partial charge in [0, 0.05) is 5.56 Å². The maximum absolute atomic E-state index is 12.6. The third-order valence-corrected chi connectivity index (χ3v) is 3.90. The van der Waals surface area contributed by atoms with Gasteiger partial charge in [0.1, 0.15) is 5.75 Å². The highest BCUT2D eigenvalue weighted by Gasteiger charge is 2.24. The molecule has 0 bridgehead atoms. The molecule has 1 heterocycles. The van der Waals surface area contributed by atoms with E-state index in [0.29, 0.717) is 5.56 Å². The second-order valence-electron chi connectivity index (χ2n) is 5.95. The molecule has 2 N–H and O–H groups in total. The smallest absolute Gasteiger partial charge is 0.252 e. The van der Waals surface area contributed by atoms with Gasteiger partial charge >= 0.3 is 0 Å². The molecule has 23 heavy (non-hydrogen) atoms. The van der Waals surface area contributed by atoms with Crippen LogP contribution < -0.4 is 10.1 Å². The fourth-order valence-corrected chi connectivity index (χ4v) is 2.52. The van der Waals surface area contributed by atoms with Gasteiger partial charge in [0.05, 0.1) is 30.0 Å². The monoisotopic (exact) mass is 309 g/mol. The molecule has 1 amide bonds. The second kappa shape index (κ2) is 5.76. The summed E-state index contributed by atoms with van der Waals surface area (Å²) in [5, 5.41) is 3.07. The number of benzene rings is 2. The van der Waals surface area contributed by atoms with Crippen molar-refractivity contribution in [1.29, 1.82) is 0 Å². The number of hydrogen-bond acceptors (Lipinski definition) is 3. The SMILES string of the molecule is COc1cccc(C(C)(C)NC(=O)c2ccc3nc[nH]c3c2)c1. The summed E-state index contributed by atoms with van der Waals surface area (Å²) in [6.07, 6.45) is 1.62. The summed E-state index contributed by atoms with van der Waals surface area (Å²) < 4.78 is 5.26. The second-order valence-corrected chi connectivity index (χ2v) is 5.95. The Kier molecular flexibility index (Phi) is 3.78. The van der Waals surface area contributed by atoms with Crippen LogP contribution in [0.1, 0.15) is 29.8 Å². The molecule has 0 aliphatic carbocycles. The Bertz CT molecular complexity index is 852. The third-order valence-electron chi connectivity index (χ3n) is 3.90. The number of fused-ring (bicyclic) bond motifs is 1. The summed E-state index contributed by atoms with van der Waals surface area (Å²) in [5.74, 6) is 0.637. The van der Waals surface area contributed by atoms with E-state index in [2.05, 4.69) is 15.3 Å². The number of methoxy groups -OCH3 is 1. The number of aromatic amines is 1. The lowest BCUT2D eigenvalue weighted by molar-refractivity contribution is 0.0912. The van der Waals surface area contributed by atoms with Crippen LogP contribution in [0.2, 0.25) is 0 Å². The summed E-state index contributed by atoms with van der Waals surface area (Å²) in [4.78, 5) is 19.8. The Balaban J connectivity index is 1.84. The molecule has 0 fully saturated rings. The van der Waals surface area contributed by atoms with Crippen LogP contribution in [0.15, 0.2) is 48.8 Å². The maximum Gasteiger partial charge on any atom is 0.252 e. The molecule has 3 rings (SSSR count). The van der Waals surface area contributed by atoms with Gasteiger partial charge in [0.25, 0.3) is 5.91 Å². The van der Waals surface area contributed by atoms with Crippen LogP contribution in [0.3, 0.4) is 0 Å². The average Bonchev–Trinajstić information content (AvgIpc) is 3.02. The number of rotatable bonds is 4. The van der Waals surface area contributed by atoms with Crippen molar-refractivity contribution in [2.75, 3.05) is 7.11 Å². The third kappa shape index (κ3) is 3.04. The lowest BCUT2D eigenvalue weighted by Crippen LogP contribution is -2.41. The number of amides is 1. The molecule has 5 heteroatoms. The molecule has 1 aromatic heterocycles. The summed E-state index contributed by atoms with van der Waals surface area (Å²) >= 11 is 0. The van der Waals surface area contributed by atoms with E-state index < -0.39 is 5.54 Å². The van der Waals surface area contributed by atoms with Gasteiger partial charge in [-0.3, -0.25) is 4.79 Å². The summed E-state index contributed by atoms with van der Waals surface area (Å²) in [6, 6.07) is 13.1. The number of hydrogen-bond donors (Lipinski definition) is 2. The lowest BCUT2D eigenvalue weighted by atomic mass is 9.93. The van der Waals surface area contributed by atoms with Gasteiger partial charge in [-0.15, -0.1) is 0 Å². The van der Waals surface area contributed by atoms with Gasteiger partial charge in [-0.2, -0.15) is 0 Å². The number of nitrogens with zero attached hydrogens (tertiary/aromatic N) is 1. The van der Waals surface area contributed by atoms with E-state index in [1.54, 1.807) is 25.6 Å². The van der Waals surface area contributed by atoms with Crippen LogP contribution >= 0.6 is 0 Å². The molecule has 5 nitrogen and oxygen atoms in total. The van der Waals surface area contributed by atoms with Crippen molar-refractivity contribution in [2.24, 2.45) is 0 Å². The normalized spacial score (nSPS) is 11.4. The van der Waals surface area contributed by atoms with Crippen LogP contribution in [0.25, 0.3) is 11.0 Å². The number of H-pyrrole nitrogens is 1. The zero-order valence-electron chi connectivity index (χ0n) is 13.4. The van der Waals surface area contributed by atoms with E-state index in [4.69, 9.17) is 4.74 Å². The molecule has 3 aromatic rings. The number of carbonyl (C=O) groups excluding carboxylic acids is 1. The predicted octanol–water partition coefficient (Wildman–Crippen LogP) is 3.24. The molecule has 0 spiro atoms. The molecular formula is C18H19N3O2. The van der Waals surface area contributed by atoms with Crippen LogP contribution in [0.4, 0.5) is 0 Å². The minimum Gasteiger partial charge on any atom is -0.497 e. The fourth-order valence-electron chi connectivity index (χ4n) is 2.52. The molecule has 0 aliphatic rings. The van der Waals surface area contributed by atoms with Gasteiger partial charge in [0.15, 0.2) is 0 Å². The average molecular weight is 309 g/mol. The number of carbonyl (C=O) groups is 1. The fraction of sp³-hybridized carbons (Fsp3) is 0.222. The van der Waals surface area contributed by atoms with Crippen molar-refractivity contribution in [1.82, 2.24) is 15.3 Å². The van der Waals surface area contributed by atoms with Crippen molar-refractivity contribution in [3.05, 3.63) is 59.9 Å². The highest BCUT2D eigenvalue weighted by atomic mass is 16.5. The molecule has 118 valence electrons. The summed E-state index contributed by atoms with van der Waals surface area (Å²) in [6.45, 7) is 3.93. The zero-order valence-corrected chi connectivity index (χ0v) is 13.4. The first-order chi connectivity index (χ1) is 11.0. The molecule has 0 unspecified atom stereocenters. The van der Waals surface area contributed by atoms with Crippen LogP contribution in [-0.4, -0.2) is 23.0 Å². The molecule has 0 saturated heterocycles. The highest BCUT2D eigenvalue weighted by Crippen LogP contribution is 2.24. The Morgan fingerprint density at radius 3 is 2.83 bits per heavy atom. The van der Waals surface area contributed by atoms with Crippen molar-refractivity contribution in [3.8, 4) is 5.75 Å². The first kappa shape index (κ1) is 15.1. The summed E-state index contributed by atoms with van der Waals surface area (Å²) in [7, 11) is 1.63. The van der Waals surface area contributed by atoms with Crippen LogP contribution in [0, 0.1) is 0 Å². The van der Waals surface area contributed by atoms with E-state index in [1.165, 1.54) is 0 Å². The first-order valence-corrected chi connectivity index (χ1v) is 7.40. The first-order valence-electron chi connectivity index (χ1n) is 7.40. The standard InChI is InChI=1S/C18H19N3O2/c1-18(2,13-5-4-6-14(10-13)23-3)21-17(22)12-7-8-15-16(9-12)20-11-19-15/h4-11H,1-3H3,(H,19,20)(H,21,22). The molecular weight excluding hydrogens is 290 g/mol. The van der Waals surface area contributed by atoms with Crippen molar-refractivity contribution in [3.63, 3.8) is 0 Å². The van der Waals surface area contributed by atoms with Crippen LogP contribution in [0.5, 0.6) is 5.75 Å². The molecule has 0 aliphatic heterocycles. The molecule has 0 saturated carbocycles. The lowest BCUT2D eigenvalue weighted by Gasteiger charge is -2.27. The number of imidazole rings is 1. The Labute approximate surface area is 134 Å². The van der Waals surface area contributed by atoms with E-state index in [9.17, 15) is 4.79 Å². The minimum atomic E-state index is -0.519. The van der Waals surface area contributed by atoms with Gasteiger partial charge in [-0.05, 0) is 49.7 Å².